The largest absolute Gasteiger partial charge is 0.395 e. The molecule has 0 atom stereocenters. The van der Waals surface area contributed by atoms with Crippen LogP contribution in [0.4, 0.5) is 14.9 Å². The van der Waals surface area contributed by atoms with Gasteiger partial charge in [0.1, 0.15) is 5.82 Å². The van der Waals surface area contributed by atoms with Gasteiger partial charge < -0.3 is 15.3 Å². The molecule has 1 saturated carbocycles. The van der Waals surface area contributed by atoms with Crippen LogP contribution in [0.2, 0.25) is 5.02 Å². The maximum atomic E-state index is 13.1. The number of rotatable bonds is 4. The number of anilines is 1. The van der Waals surface area contributed by atoms with Crippen LogP contribution in [0.1, 0.15) is 32.1 Å². The number of hydrogen-bond acceptors (Lipinski definition) is 2. The summed E-state index contributed by atoms with van der Waals surface area (Å²) in [5.74, 6) is -0.519. The molecule has 1 aliphatic rings. The molecule has 4 nitrogen and oxygen atoms in total. The molecule has 0 radical (unpaired) electrons. The molecule has 116 valence electrons. The molecule has 0 aromatic heterocycles. The van der Waals surface area contributed by atoms with Gasteiger partial charge >= 0.3 is 6.03 Å². The van der Waals surface area contributed by atoms with Crippen molar-refractivity contribution in [2.24, 2.45) is 0 Å². The van der Waals surface area contributed by atoms with Gasteiger partial charge in [0.05, 0.1) is 11.6 Å². The summed E-state index contributed by atoms with van der Waals surface area (Å²) in [6.45, 7) is 0.222. The van der Waals surface area contributed by atoms with Crippen LogP contribution in [0.25, 0.3) is 0 Å². The molecule has 0 spiro atoms. The maximum Gasteiger partial charge on any atom is 0.322 e. The highest BCUT2D eigenvalue weighted by molar-refractivity contribution is 6.31. The monoisotopic (exact) mass is 314 g/mol. The number of hydrogen-bond donors (Lipinski definition) is 2. The number of carbonyl (C=O) groups excluding carboxylic acids is 1. The van der Waals surface area contributed by atoms with E-state index in [4.69, 9.17) is 11.6 Å². The zero-order valence-electron chi connectivity index (χ0n) is 11.8. The number of nitrogens with one attached hydrogen (secondary N) is 1. The molecule has 0 bridgehead atoms. The summed E-state index contributed by atoms with van der Waals surface area (Å²) in [5, 5.41) is 11.9. The summed E-state index contributed by atoms with van der Waals surface area (Å²) in [7, 11) is 0. The summed E-state index contributed by atoms with van der Waals surface area (Å²) in [4.78, 5) is 14.0. The third-order valence-electron chi connectivity index (χ3n) is 3.79. The topological polar surface area (TPSA) is 52.6 Å². The number of aliphatic hydroxyl groups excluding tert-OH is 1. The third kappa shape index (κ3) is 4.32. The first kappa shape index (κ1) is 16.0. The Labute approximate surface area is 128 Å². The zero-order valence-corrected chi connectivity index (χ0v) is 12.6. The van der Waals surface area contributed by atoms with Gasteiger partial charge in [-0.15, -0.1) is 0 Å². The van der Waals surface area contributed by atoms with Crippen LogP contribution in [-0.4, -0.2) is 35.2 Å². The van der Waals surface area contributed by atoms with Crippen LogP contribution >= 0.6 is 11.6 Å². The number of nitrogens with zero attached hydrogens (tertiary/aromatic N) is 1. The molecule has 21 heavy (non-hydrogen) atoms. The number of carbonyl (C=O) groups is 1. The molecule has 0 saturated heterocycles. The highest BCUT2D eigenvalue weighted by Crippen LogP contribution is 2.24. The quantitative estimate of drug-likeness (QED) is 0.891. The molecular formula is C15H20ClFN2O2. The van der Waals surface area contributed by atoms with Crippen molar-refractivity contribution in [1.82, 2.24) is 4.90 Å². The highest BCUT2D eigenvalue weighted by atomic mass is 35.5. The fourth-order valence-electron chi connectivity index (χ4n) is 2.72. The first-order chi connectivity index (χ1) is 10.1. The van der Waals surface area contributed by atoms with Crippen molar-refractivity contribution in [2.45, 2.75) is 38.1 Å². The minimum Gasteiger partial charge on any atom is -0.395 e. The molecule has 0 aliphatic heterocycles. The predicted octanol–water partition coefficient (Wildman–Crippen LogP) is 3.64. The van der Waals surface area contributed by atoms with Crippen LogP contribution in [0.5, 0.6) is 0 Å². The lowest BCUT2D eigenvalue weighted by Gasteiger charge is -2.34. The van der Waals surface area contributed by atoms with E-state index < -0.39 is 5.82 Å². The van der Waals surface area contributed by atoms with Crippen molar-refractivity contribution >= 4 is 23.3 Å². The molecule has 0 heterocycles. The third-order valence-corrected chi connectivity index (χ3v) is 4.08. The molecule has 6 heteroatoms. The number of halogens is 2. The summed E-state index contributed by atoms with van der Waals surface area (Å²) >= 11 is 5.71. The zero-order chi connectivity index (χ0) is 15.2. The Kier molecular flexibility index (Phi) is 5.82. The van der Waals surface area contributed by atoms with Gasteiger partial charge in [0.25, 0.3) is 0 Å². The van der Waals surface area contributed by atoms with E-state index in [1.165, 1.54) is 24.6 Å². The van der Waals surface area contributed by atoms with Crippen molar-refractivity contribution in [3.8, 4) is 0 Å². The van der Waals surface area contributed by atoms with Gasteiger partial charge in [-0.25, -0.2) is 9.18 Å². The second-order valence-electron chi connectivity index (χ2n) is 5.27. The fraction of sp³-hybridized carbons (Fsp3) is 0.533. The molecule has 1 fully saturated rings. The van der Waals surface area contributed by atoms with E-state index in [0.29, 0.717) is 12.2 Å². The van der Waals surface area contributed by atoms with E-state index in [-0.39, 0.29) is 23.7 Å². The molecule has 1 aliphatic carbocycles. The number of urea groups is 1. The van der Waals surface area contributed by atoms with Crippen molar-refractivity contribution in [3.63, 3.8) is 0 Å². The van der Waals surface area contributed by atoms with Crippen LogP contribution in [-0.2, 0) is 0 Å². The van der Waals surface area contributed by atoms with Gasteiger partial charge in [0, 0.05) is 18.3 Å². The highest BCUT2D eigenvalue weighted by Gasteiger charge is 2.25. The number of benzene rings is 1. The van der Waals surface area contributed by atoms with Gasteiger partial charge in [0.15, 0.2) is 0 Å². The van der Waals surface area contributed by atoms with Gasteiger partial charge in [0.2, 0.25) is 0 Å². The molecule has 0 unspecified atom stereocenters. The smallest absolute Gasteiger partial charge is 0.322 e. The van der Waals surface area contributed by atoms with Crippen LogP contribution in [0.3, 0.4) is 0 Å². The Morgan fingerprint density at radius 1 is 1.38 bits per heavy atom. The number of aliphatic hydroxyl groups is 1. The van der Waals surface area contributed by atoms with Crippen molar-refractivity contribution in [1.29, 1.82) is 0 Å². The average molecular weight is 315 g/mol. The van der Waals surface area contributed by atoms with Crippen molar-refractivity contribution < 1.29 is 14.3 Å². The Morgan fingerprint density at radius 2 is 2.10 bits per heavy atom. The second-order valence-corrected chi connectivity index (χ2v) is 5.68. The lowest BCUT2D eigenvalue weighted by atomic mass is 9.94. The second kappa shape index (κ2) is 7.61. The molecule has 1 aromatic rings. The van der Waals surface area contributed by atoms with Crippen LogP contribution in [0.15, 0.2) is 18.2 Å². The molecular weight excluding hydrogens is 295 g/mol. The van der Waals surface area contributed by atoms with E-state index in [2.05, 4.69) is 5.32 Å². The Bertz CT molecular complexity index is 493. The Morgan fingerprint density at radius 3 is 2.71 bits per heavy atom. The minimum atomic E-state index is -0.519. The lowest BCUT2D eigenvalue weighted by Crippen LogP contribution is -2.45. The Hall–Kier alpha value is -1.33. The van der Waals surface area contributed by atoms with E-state index in [9.17, 15) is 14.3 Å². The molecule has 2 rings (SSSR count). The molecule has 1 aromatic carbocycles. The SMILES string of the molecule is O=C(Nc1ccc(F)c(Cl)c1)N(CCO)C1CCCCC1. The van der Waals surface area contributed by atoms with Crippen molar-refractivity contribution in [3.05, 3.63) is 29.0 Å². The first-order valence-electron chi connectivity index (χ1n) is 7.25. The van der Waals surface area contributed by atoms with E-state index in [1.807, 2.05) is 0 Å². The average Bonchev–Trinajstić information content (AvgIpc) is 2.49. The summed E-state index contributed by atoms with van der Waals surface area (Å²) in [5.41, 5.74) is 0.449. The molecule has 2 amide bonds. The number of amides is 2. The first-order valence-corrected chi connectivity index (χ1v) is 7.63. The standard InChI is InChI=1S/C15H20ClFN2O2/c16-13-10-11(6-7-14(13)17)18-15(21)19(8-9-20)12-4-2-1-3-5-12/h6-7,10,12,20H,1-5,8-9H2,(H,18,21). The van der Waals surface area contributed by atoms with Crippen molar-refractivity contribution in [2.75, 3.05) is 18.5 Å². The van der Waals surface area contributed by atoms with Crippen LogP contribution < -0.4 is 5.32 Å². The van der Waals surface area contributed by atoms with E-state index in [1.54, 1.807) is 4.90 Å². The summed E-state index contributed by atoms with van der Waals surface area (Å²) in [6.07, 6.45) is 5.30. The normalized spacial score (nSPS) is 15.8. The van der Waals surface area contributed by atoms with Gasteiger partial charge in [-0.2, -0.15) is 0 Å². The summed E-state index contributed by atoms with van der Waals surface area (Å²) in [6, 6.07) is 3.94. The van der Waals surface area contributed by atoms with E-state index >= 15 is 0 Å². The fourth-order valence-corrected chi connectivity index (χ4v) is 2.90. The summed E-state index contributed by atoms with van der Waals surface area (Å²) < 4.78 is 13.1. The van der Waals surface area contributed by atoms with Gasteiger partial charge in [-0.3, -0.25) is 0 Å². The van der Waals surface area contributed by atoms with Crippen LogP contribution in [0, 0.1) is 5.82 Å². The minimum absolute atomic E-state index is 0.0285. The maximum absolute atomic E-state index is 13.1. The van der Waals surface area contributed by atoms with E-state index in [0.717, 1.165) is 25.7 Å². The predicted molar refractivity (Wildman–Crippen MR) is 81.1 cm³/mol. The molecule has 2 N–H and O–H groups in total. The van der Waals surface area contributed by atoms with Gasteiger partial charge in [-0.05, 0) is 31.0 Å². The Balaban J connectivity index is 2.05. The lowest BCUT2D eigenvalue weighted by molar-refractivity contribution is 0.144. The van der Waals surface area contributed by atoms with Gasteiger partial charge in [-0.1, -0.05) is 30.9 Å².